The first-order chi connectivity index (χ1) is 13.8. The van der Waals surface area contributed by atoms with Crippen molar-refractivity contribution in [3.63, 3.8) is 0 Å². The minimum absolute atomic E-state index is 0.103. The van der Waals surface area contributed by atoms with Crippen LogP contribution in [0.1, 0.15) is 23.2 Å². The van der Waals surface area contributed by atoms with Crippen molar-refractivity contribution >= 4 is 28.2 Å². The van der Waals surface area contributed by atoms with E-state index in [0.29, 0.717) is 18.8 Å². The summed E-state index contributed by atoms with van der Waals surface area (Å²) in [6.45, 7) is 1.35. The van der Waals surface area contributed by atoms with Gasteiger partial charge in [-0.1, -0.05) is 0 Å². The summed E-state index contributed by atoms with van der Waals surface area (Å²) in [6.07, 6.45) is 4.25. The van der Waals surface area contributed by atoms with Crippen molar-refractivity contribution in [2.24, 2.45) is 7.05 Å². The highest BCUT2D eigenvalue weighted by Gasteiger charge is 2.23. The summed E-state index contributed by atoms with van der Waals surface area (Å²) in [7, 11) is 1.57. The van der Waals surface area contributed by atoms with Gasteiger partial charge < -0.3 is 19.1 Å². The lowest BCUT2D eigenvalue weighted by Gasteiger charge is -2.20. The number of benzene rings is 1. The minimum Gasteiger partial charge on any atom is -0.477 e. The highest BCUT2D eigenvalue weighted by molar-refractivity contribution is 5.94. The van der Waals surface area contributed by atoms with E-state index in [2.05, 4.69) is 0 Å². The Bertz CT molecular complexity index is 1220. The Labute approximate surface area is 163 Å². The van der Waals surface area contributed by atoms with E-state index in [1.54, 1.807) is 7.05 Å². The molecule has 1 aliphatic rings. The highest BCUT2D eigenvalue weighted by Crippen LogP contribution is 2.30. The van der Waals surface area contributed by atoms with Gasteiger partial charge in [0.2, 0.25) is 5.43 Å². The number of hydrogen-bond donors (Lipinski definition) is 1. The molecule has 29 heavy (non-hydrogen) atoms. The van der Waals surface area contributed by atoms with Crippen LogP contribution in [0.2, 0.25) is 0 Å². The summed E-state index contributed by atoms with van der Waals surface area (Å²) in [5.74, 6) is -1.79. The fraction of sp³-hybridized carbons (Fsp3) is 0.263. The smallest absolute Gasteiger partial charge is 0.341 e. The van der Waals surface area contributed by atoms with Crippen molar-refractivity contribution in [3.05, 3.63) is 62.3 Å². The molecule has 0 radical (unpaired) electrons. The molecule has 1 aromatic carbocycles. The third-order valence-corrected chi connectivity index (χ3v) is 5.17. The van der Waals surface area contributed by atoms with Crippen LogP contribution in [0.5, 0.6) is 0 Å². The topological polar surface area (TPSA) is 111 Å². The molecule has 0 amide bonds. The number of aryl methyl sites for hydroxylation is 1. The second kappa shape index (κ2) is 6.73. The van der Waals surface area contributed by atoms with Crippen molar-refractivity contribution in [1.82, 2.24) is 9.13 Å². The summed E-state index contributed by atoms with van der Waals surface area (Å²) in [6, 6.07) is 3.82. The van der Waals surface area contributed by atoms with Crippen molar-refractivity contribution in [2.45, 2.75) is 12.8 Å². The molecule has 3 heterocycles. The first-order valence-corrected chi connectivity index (χ1v) is 8.96. The van der Waals surface area contributed by atoms with Crippen LogP contribution in [-0.4, -0.2) is 38.2 Å². The van der Waals surface area contributed by atoms with Crippen LogP contribution in [0.4, 0.5) is 15.8 Å². The van der Waals surface area contributed by atoms with Crippen molar-refractivity contribution in [3.8, 4) is 5.82 Å². The van der Waals surface area contributed by atoms with E-state index in [-0.39, 0.29) is 22.4 Å². The van der Waals surface area contributed by atoms with E-state index in [4.69, 9.17) is 0 Å². The largest absolute Gasteiger partial charge is 0.477 e. The molecule has 9 nitrogen and oxygen atoms in total. The predicted octanol–water partition coefficient (Wildman–Crippen LogP) is 2.67. The Morgan fingerprint density at radius 2 is 1.90 bits per heavy atom. The zero-order valence-electron chi connectivity index (χ0n) is 15.5. The summed E-state index contributed by atoms with van der Waals surface area (Å²) in [4.78, 5) is 36.7. The number of aromatic carboxylic acids is 1. The molecule has 3 aromatic rings. The number of halogens is 1. The summed E-state index contributed by atoms with van der Waals surface area (Å²) in [5, 5.41) is 20.5. The number of nitrogens with zero attached hydrogens (tertiary/aromatic N) is 4. The SMILES string of the molecule is Cn1cc([N+](=O)[O-])cc1-n1cc(C(=O)O)c(=O)c2cc(F)c(N3CCCC3)cc21. The maximum atomic E-state index is 14.8. The maximum absolute atomic E-state index is 14.8. The van der Waals surface area contributed by atoms with Gasteiger partial charge in [0, 0.05) is 26.3 Å². The van der Waals surface area contributed by atoms with Gasteiger partial charge in [0.05, 0.1) is 33.8 Å². The number of nitro groups is 1. The van der Waals surface area contributed by atoms with Gasteiger partial charge >= 0.3 is 5.97 Å². The number of hydrogen-bond acceptors (Lipinski definition) is 5. The van der Waals surface area contributed by atoms with Crippen molar-refractivity contribution in [1.29, 1.82) is 0 Å². The standard InChI is InChI=1S/C19H17FN4O5/c1-21-9-11(24(28)29)6-17(21)23-10-13(19(26)27)18(25)12-7-14(20)16(8-15(12)23)22-4-2-3-5-22/h6-10H,2-5H2,1H3,(H,26,27). The third-order valence-electron chi connectivity index (χ3n) is 5.17. The van der Waals surface area contributed by atoms with Gasteiger partial charge in [-0.05, 0) is 25.0 Å². The Balaban J connectivity index is 2.07. The molecule has 0 bridgehead atoms. The lowest BCUT2D eigenvalue weighted by atomic mass is 10.1. The molecule has 1 aliphatic heterocycles. The third kappa shape index (κ3) is 3.02. The molecular formula is C19H17FN4O5. The Morgan fingerprint density at radius 3 is 2.48 bits per heavy atom. The van der Waals surface area contributed by atoms with E-state index < -0.39 is 27.7 Å². The van der Waals surface area contributed by atoms with Crippen LogP contribution in [0.15, 0.2) is 35.4 Å². The quantitative estimate of drug-likeness (QED) is 0.533. The Morgan fingerprint density at radius 1 is 1.21 bits per heavy atom. The summed E-state index contributed by atoms with van der Waals surface area (Å²) in [5.41, 5.74) is -0.948. The van der Waals surface area contributed by atoms with E-state index >= 15 is 0 Å². The van der Waals surface area contributed by atoms with Gasteiger partial charge in [-0.15, -0.1) is 0 Å². The molecule has 1 saturated heterocycles. The fourth-order valence-electron chi connectivity index (χ4n) is 3.75. The van der Waals surface area contributed by atoms with Gasteiger partial charge in [-0.3, -0.25) is 14.9 Å². The van der Waals surface area contributed by atoms with Crippen LogP contribution < -0.4 is 10.3 Å². The van der Waals surface area contributed by atoms with E-state index in [0.717, 1.165) is 25.1 Å². The number of carboxylic acids is 1. The first-order valence-electron chi connectivity index (χ1n) is 8.96. The van der Waals surface area contributed by atoms with Crippen LogP contribution in [0, 0.1) is 15.9 Å². The highest BCUT2D eigenvalue weighted by atomic mass is 19.1. The monoisotopic (exact) mass is 400 g/mol. The van der Waals surface area contributed by atoms with E-state index in [9.17, 15) is 29.2 Å². The molecule has 0 atom stereocenters. The summed E-state index contributed by atoms with van der Waals surface area (Å²) < 4.78 is 17.6. The van der Waals surface area contributed by atoms with Gasteiger partial charge in [-0.25, -0.2) is 9.18 Å². The predicted molar refractivity (Wildman–Crippen MR) is 104 cm³/mol. The number of aromatic nitrogens is 2. The van der Waals surface area contributed by atoms with Crippen LogP contribution >= 0.6 is 0 Å². The number of pyridine rings is 1. The average molecular weight is 400 g/mol. The molecule has 2 aromatic heterocycles. The Hall–Kier alpha value is -3.69. The average Bonchev–Trinajstić information content (AvgIpc) is 3.32. The van der Waals surface area contributed by atoms with E-state index in [1.165, 1.54) is 27.5 Å². The van der Waals surface area contributed by atoms with Gasteiger partial charge in [-0.2, -0.15) is 0 Å². The molecule has 0 unspecified atom stereocenters. The lowest BCUT2D eigenvalue weighted by Crippen LogP contribution is -2.22. The van der Waals surface area contributed by atoms with Gasteiger partial charge in [0.15, 0.2) is 0 Å². The van der Waals surface area contributed by atoms with Crippen LogP contribution in [0.25, 0.3) is 16.7 Å². The number of anilines is 1. The fourth-order valence-corrected chi connectivity index (χ4v) is 3.75. The molecule has 0 aliphatic carbocycles. The summed E-state index contributed by atoms with van der Waals surface area (Å²) >= 11 is 0. The minimum atomic E-state index is -1.46. The molecular weight excluding hydrogens is 383 g/mol. The number of fused-ring (bicyclic) bond motifs is 1. The van der Waals surface area contributed by atoms with Crippen LogP contribution in [-0.2, 0) is 7.05 Å². The van der Waals surface area contributed by atoms with Crippen LogP contribution in [0.3, 0.4) is 0 Å². The van der Waals surface area contributed by atoms with Gasteiger partial charge in [0.25, 0.3) is 5.69 Å². The Kier molecular flexibility index (Phi) is 4.33. The zero-order chi connectivity index (χ0) is 20.9. The zero-order valence-corrected chi connectivity index (χ0v) is 15.5. The van der Waals surface area contributed by atoms with Crippen molar-refractivity contribution < 1.29 is 19.2 Å². The molecule has 4 rings (SSSR count). The first kappa shape index (κ1) is 18.7. The second-order valence-electron chi connectivity index (χ2n) is 6.99. The molecule has 1 fully saturated rings. The van der Waals surface area contributed by atoms with Gasteiger partial charge in [0.1, 0.15) is 17.2 Å². The molecule has 0 saturated carbocycles. The molecule has 10 heteroatoms. The van der Waals surface area contributed by atoms with Crippen molar-refractivity contribution in [2.75, 3.05) is 18.0 Å². The second-order valence-corrected chi connectivity index (χ2v) is 6.99. The normalized spacial score (nSPS) is 13.9. The van der Waals surface area contributed by atoms with E-state index in [1.807, 2.05) is 4.90 Å². The number of carbonyl (C=O) groups is 1. The number of rotatable bonds is 4. The maximum Gasteiger partial charge on any atom is 0.341 e. The molecule has 1 N–H and O–H groups in total. The number of carboxylic acid groups (broad SMARTS) is 1. The molecule has 150 valence electrons. The molecule has 0 spiro atoms. The lowest BCUT2D eigenvalue weighted by molar-refractivity contribution is -0.384.